The number of nitrogens with zero attached hydrogens (tertiary/aromatic N) is 3. The minimum absolute atomic E-state index is 0.0359. The van der Waals surface area contributed by atoms with Crippen molar-refractivity contribution >= 4 is 63.3 Å². The minimum atomic E-state index is -1.05. The molecule has 12 nitrogen and oxygen atoms in total. The van der Waals surface area contributed by atoms with Gasteiger partial charge in [0.1, 0.15) is 0 Å². The van der Waals surface area contributed by atoms with Crippen molar-refractivity contribution in [3.63, 3.8) is 0 Å². The lowest BCUT2D eigenvalue weighted by molar-refractivity contribution is -0.166. The van der Waals surface area contributed by atoms with E-state index in [0.717, 1.165) is 145 Å². The zero-order valence-corrected chi connectivity index (χ0v) is 64.0. The van der Waals surface area contributed by atoms with Gasteiger partial charge >= 0.3 is 0 Å². The fraction of sp³-hybridized carbons (Fsp3) is 0.354. The molecule has 0 radical (unpaired) electrons. The van der Waals surface area contributed by atoms with Crippen LogP contribution in [0.25, 0.3) is 12.2 Å². The third-order valence-corrected chi connectivity index (χ3v) is 21.2. The molecule has 0 saturated heterocycles. The Morgan fingerprint density at radius 2 is 0.611 bits per heavy atom. The molecule has 0 amide bonds. The molecule has 108 heavy (non-hydrogen) atoms. The quantitative estimate of drug-likeness (QED) is 0.0154. The molecule has 12 rings (SSSR count). The van der Waals surface area contributed by atoms with Gasteiger partial charge in [-0.1, -0.05) is 174 Å². The lowest BCUT2D eigenvalue weighted by Gasteiger charge is -2.31. The van der Waals surface area contributed by atoms with Gasteiger partial charge in [-0.15, -0.1) is 0 Å². The Bertz CT molecular complexity index is 4000. The van der Waals surface area contributed by atoms with Crippen molar-refractivity contribution in [1.82, 2.24) is 0 Å². The fourth-order valence-electron chi connectivity index (χ4n) is 14.5. The van der Waals surface area contributed by atoms with Crippen molar-refractivity contribution < 1.29 is 45.2 Å². The van der Waals surface area contributed by atoms with E-state index in [9.17, 15) is 25.5 Å². The Hall–Kier alpha value is -9.02. The first-order valence-electron chi connectivity index (χ1n) is 39.2. The normalized spacial score (nSPS) is 16.0. The van der Waals surface area contributed by atoms with Crippen LogP contribution in [0, 0.1) is 51.4 Å². The smallest absolute Gasteiger partial charge is 0.183 e. The number of aryl methyl sites for hydroxylation is 6. The van der Waals surface area contributed by atoms with Gasteiger partial charge < -0.3 is 59.9 Å². The molecule has 0 aromatic heterocycles. The number of hydrogen-bond donors (Lipinski definition) is 7. The summed E-state index contributed by atoms with van der Waals surface area (Å²) in [6, 6.07) is 86.9. The molecule has 10 aromatic carbocycles. The minimum Gasteiger partial charge on any atom is -0.396 e. The molecular formula is C96H115N3O9. The molecule has 568 valence electrons. The molecule has 0 bridgehead atoms. The molecule has 0 unspecified atom stereocenters. The average molecular weight is 1450 g/mol. The Labute approximate surface area is 642 Å². The van der Waals surface area contributed by atoms with Gasteiger partial charge in [-0.3, -0.25) is 0 Å². The van der Waals surface area contributed by atoms with Crippen LogP contribution in [-0.2, 0) is 27.9 Å². The second kappa shape index (κ2) is 42.7. The topological polar surface area (TPSA) is 170 Å². The van der Waals surface area contributed by atoms with Crippen molar-refractivity contribution in [1.29, 1.82) is 0 Å². The van der Waals surface area contributed by atoms with Gasteiger partial charge in [0.05, 0.1) is 18.8 Å². The van der Waals surface area contributed by atoms with Crippen LogP contribution in [0.4, 0.5) is 51.2 Å². The summed E-state index contributed by atoms with van der Waals surface area (Å²) in [5, 5.41) is 67.1. The maximum atomic E-state index is 11.2. The third-order valence-electron chi connectivity index (χ3n) is 21.2. The van der Waals surface area contributed by atoms with Gasteiger partial charge in [0.2, 0.25) is 0 Å². The number of aliphatic hydroxyl groups is 7. The van der Waals surface area contributed by atoms with E-state index < -0.39 is 11.9 Å². The van der Waals surface area contributed by atoms with E-state index in [1.807, 2.05) is 42.5 Å². The number of ether oxygens (including phenoxy) is 2. The van der Waals surface area contributed by atoms with Gasteiger partial charge in [0.15, 0.2) is 6.29 Å². The first-order chi connectivity index (χ1) is 52.7. The first kappa shape index (κ1) is 81.5. The molecular weight excluding hydrogens is 1340 g/mol. The molecule has 2 aliphatic rings. The third kappa shape index (κ3) is 24.2. The highest BCUT2D eigenvalue weighted by Gasteiger charge is 2.30. The molecule has 7 N–H and O–H groups in total. The SMILES string of the molecule is Cc1ccc(N(c2ccc(C)cc2)c2ccc(C(O)(CCCO)CCCO)cc2)cc1.Cc1ccc(N(c2ccc(C)cc2)c2ccc(C(OCC3CCC(CO)CC3)OCC3CCC(CO)CC3)cc2)cc1.OCCCc1ccc(N(c2ccc(/C=C/c3ccccc3)cc2)c2ccc(CCCO)cc2)cc1. The highest BCUT2D eigenvalue weighted by atomic mass is 16.7. The number of rotatable bonds is 33. The summed E-state index contributed by atoms with van der Waals surface area (Å²) in [5.41, 5.74) is 20.2. The zero-order valence-electron chi connectivity index (χ0n) is 64.0. The monoisotopic (exact) mass is 1450 g/mol. The van der Waals surface area contributed by atoms with Crippen LogP contribution < -0.4 is 14.7 Å². The number of benzene rings is 10. The van der Waals surface area contributed by atoms with Crippen LogP contribution in [0.15, 0.2) is 249 Å². The second-order valence-corrected chi connectivity index (χ2v) is 29.6. The molecule has 12 heteroatoms. The van der Waals surface area contributed by atoms with E-state index in [4.69, 9.17) is 19.7 Å². The van der Waals surface area contributed by atoms with Crippen molar-refractivity contribution in [3.05, 3.63) is 304 Å². The van der Waals surface area contributed by atoms with Crippen LogP contribution >= 0.6 is 0 Å². The lowest BCUT2D eigenvalue weighted by atomic mass is 9.83. The highest BCUT2D eigenvalue weighted by Crippen LogP contribution is 2.42. The van der Waals surface area contributed by atoms with Crippen LogP contribution in [0.3, 0.4) is 0 Å². The Morgan fingerprint density at radius 1 is 0.333 bits per heavy atom. The number of hydrogen-bond acceptors (Lipinski definition) is 12. The van der Waals surface area contributed by atoms with E-state index in [1.165, 1.54) is 38.9 Å². The zero-order chi connectivity index (χ0) is 75.9. The summed E-state index contributed by atoms with van der Waals surface area (Å²) in [7, 11) is 0. The Morgan fingerprint density at radius 3 is 0.926 bits per heavy atom. The van der Waals surface area contributed by atoms with Crippen LogP contribution in [0.2, 0.25) is 0 Å². The van der Waals surface area contributed by atoms with Gasteiger partial charge in [-0.2, -0.15) is 0 Å². The molecule has 0 heterocycles. The standard InChI is InChI=1S/C37H49NO4.C32H33NO2.C27H33NO3/c1-27-3-17-34(18-4-27)38(35-19-5-28(2)6-20-35)36-21-15-33(16-22-36)37(41-25-31-11-7-29(23-39)8-12-31)42-26-32-13-9-30(24-40)10-14-32;34-24-4-8-27-12-18-30(19-13-27)33(31-20-14-28(15-21-31)9-5-25-35)32-22-16-29(17-23-32)11-10-26-6-2-1-3-7-26;1-21-5-11-24(12-6-21)28(25-13-7-22(2)8-14-25)26-15-9-23(10-16-26)27(31,17-3-19-29)18-4-20-30/h3-6,15-22,29-32,37,39-40H,7-14,23-26H2,1-2H3;1-3,6-7,10-23,34-35H,4-5,8-9,24-25H2;5-16,29-31H,3-4,17-20H2,1-2H3/b;11-10+;. The summed E-state index contributed by atoms with van der Waals surface area (Å²) in [5.74, 6) is 1.91. The first-order valence-corrected chi connectivity index (χ1v) is 39.2. The largest absolute Gasteiger partial charge is 0.396 e. The maximum Gasteiger partial charge on any atom is 0.183 e. The van der Waals surface area contributed by atoms with E-state index in [2.05, 4.69) is 261 Å². The predicted molar refractivity (Wildman–Crippen MR) is 445 cm³/mol. The molecule has 0 aliphatic heterocycles. The molecule has 0 spiro atoms. The molecule has 2 aliphatic carbocycles. The summed E-state index contributed by atoms with van der Waals surface area (Å²) in [6.07, 6.45) is 17.8. The summed E-state index contributed by atoms with van der Waals surface area (Å²) in [4.78, 5) is 6.75. The van der Waals surface area contributed by atoms with Crippen molar-refractivity contribution in [2.45, 2.75) is 142 Å². The molecule has 2 saturated carbocycles. The van der Waals surface area contributed by atoms with Crippen molar-refractivity contribution in [2.24, 2.45) is 23.7 Å². The fourth-order valence-corrected chi connectivity index (χ4v) is 14.5. The van der Waals surface area contributed by atoms with Gasteiger partial charge in [0.25, 0.3) is 0 Å². The van der Waals surface area contributed by atoms with Crippen LogP contribution in [0.5, 0.6) is 0 Å². The van der Waals surface area contributed by atoms with Gasteiger partial charge in [0, 0.05) is 96.4 Å². The van der Waals surface area contributed by atoms with Crippen molar-refractivity contribution in [3.8, 4) is 0 Å². The van der Waals surface area contributed by atoms with Crippen LogP contribution in [-0.4, -0.2) is 88.6 Å². The van der Waals surface area contributed by atoms with Crippen molar-refractivity contribution in [2.75, 3.05) is 67.6 Å². The molecule has 10 aromatic rings. The number of aliphatic hydroxyl groups excluding tert-OH is 6. The Kier molecular flexibility index (Phi) is 32.2. The number of anilines is 9. The summed E-state index contributed by atoms with van der Waals surface area (Å²) < 4.78 is 13.1. The average Bonchev–Trinajstić information content (AvgIpc) is 0.798. The van der Waals surface area contributed by atoms with Gasteiger partial charge in [-0.25, -0.2) is 0 Å². The summed E-state index contributed by atoms with van der Waals surface area (Å²) in [6.45, 7) is 10.8. The predicted octanol–water partition coefficient (Wildman–Crippen LogP) is 21.1. The van der Waals surface area contributed by atoms with Gasteiger partial charge in [-0.05, 0) is 291 Å². The Balaban J connectivity index is 0.000000175. The van der Waals surface area contributed by atoms with E-state index >= 15 is 0 Å². The van der Waals surface area contributed by atoms with E-state index in [0.29, 0.717) is 75.8 Å². The lowest BCUT2D eigenvalue weighted by Crippen LogP contribution is -2.26. The molecule has 2 fully saturated rings. The highest BCUT2D eigenvalue weighted by molar-refractivity contribution is 5.80. The van der Waals surface area contributed by atoms with E-state index in [1.54, 1.807) is 0 Å². The van der Waals surface area contributed by atoms with E-state index in [-0.39, 0.29) is 26.4 Å². The second-order valence-electron chi connectivity index (χ2n) is 29.6. The maximum absolute atomic E-state index is 11.2. The summed E-state index contributed by atoms with van der Waals surface area (Å²) >= 11 is 0. The van der Waals surface area contributed by atoms with Crippen LogP contribution in [0.1, 0.15) is 152 Å². The molecule has 0 atom stereocenters.